The van der Waals surface area contributed by atoms with E-state index in [0.29, 0.717) is 6.54 Å². The molecule has 0 aromatic heterocycles. The van der Waals surface area contributed by atoms with Crippen LogP contribution in [0.4, 0.5) is 10.1 Å². The summed E-state index contributed by atoms with van der Waals surface area (Å²) < 4.78 is 14.4. The largest absolute Gasteiger partial charge is 0.366 e. The van der Waals surface area contributed by atoms with Crippen molar-refractivity contribution in [1.82, 2.24) is 0 Å². The van der Waals surface area contributed by atoms with E-state index >= 15 is 0 Å². The van der Waals surface area contributed by atoms with Crippen LogP contribution in [0, 0.1) is 12.7 Å². The van der Waals surface area contributed by atoms with Crippen molar-refractivity contribution in [3.8, 4) is 0 Å². The Morgan fingerprint density at radius 2 is 2.00 bits per heavy atom. The Bertz CT molecular complexity index is 601. The van der Waals surface area contributed by atoms with Gasteiger partial charge in [-0.05, 0) is 42.3 Å². The second kappa shape index (κ2) is 6.37. The molecule has 1 unspecified atom stereocenters. The molecule has 106 valence electrons. The van der Waals surface area contributed by atoms with Crippen molar-refractivity contribution in [2.45, 2.75) is 13.0 Å². The van der Waals surface area contributed by atoms with E-state index in [1.807, 2.05) is 24.9 Å². The maximum Gasteiger partial charge on any atom is 0.125 e. The molecule has 2 rings (SSSR count). The highest BCUT2D eigenvalue weighted by atomic mass is 79.9. The summed E-state index contributed by atoms with van der Waals surface area (Å²) in [6.07, 6.45) is 0. The summed E-state index contributed by atoms with van der Waals surface area (Å²) in [6.45, 7) is 2.50. The Kier molecular flexibility index (Phi) is 4.78. The third-order valence-electron chi connectivity index (χ3n) is 3.49. The maximum atomic E-state index is 13.3. The highest BCUT2D eigenvalue weighted by Crippen LogP contribution is 2.28. The summed E-state index contributed by atoms with van der Waals surface area (Å²) in [4.78, 5) is 2.00. The van der Waals surface area contributed by atoms with Gasteiger partial charge in [0.1, 0.15) is 5.82 Å². The Labute approximate surface area is 127 Å². The Hall–Kier alpha value is -1.39. The van der Waals surface area contributed by atoms with Crippen molar-refractivity contribution >= 4 is 21.6 Å². The van der Waals surface area contributed by atoms with Crippen LogP contribution in [0.15, 0.2) is 46.9 Å². The summed E-state index contributed by atoms with van der Waals surface area (Å²) in [7, 11) is 1.93. The van der Waals surface area contributed by atoms with Crippen molar-refractivity contribution in [2.75, 3.05) is 18.5 Å². The maximum absolute atomic E-state index is 13.3. The van der Waals surface area contributed by atoms with Gasteiger partial charge in [-0.1, -0.05) is 34.1 Å². The van der Waals surface area contributed by atoms with Gasteiger partial charge in [-0.2, -0.15) is 0 Å². The average molecular weight is 337 g/mol. The van der Waals surface area contributed by atoms with Crippen LogP contribution in [0.25, 0.3) is 0 Å². The van der Waals surface area contributed by atoms with Gasteiger partial charge in [0, 0.05) is 23.8 Å². The molecule has 2 aromatic carbocycles. The van der Waals surface area contributed by atoms with Crippen LogP contribution in [-0.4, -0.2) is 13.6 Å². The molecule has 0 saturated heterocycles. The fraction of sp³-hybridized carbons (Fsp3) is 0.250. The lowest BCUT2D eigenvalue weighted by atomic mass is 10.0. The molecule has 2 nitrogen and oxygen atoms in total. The molecule has 0 fully saturated rings. The van der Waals surface area contributed by atoms with Gasteiger partial charge < -0.3 is 10.6 Å². The summed E-state index contributed by atoms with van der Waals surface area (Å²) in [5.41, 5.74) is 9.02. The molecule has 0 aliphatic heterocycles. The molecule has 2 N–H and O–H groups in total. The van der Waals surface area contributed by atoms with Crippen LogP contribution in [-0.2, 0) is 0 Å². The highest BCUT2D eigenvalue weighted by Gasteiger charge is 2.17. The molecule has 0 amide bonds. The standard InChI is InChI=1S/C16H18BrFN2/c1-11-6-7-12(8-15(11)17)16(10-19)20(2)14-5-3-4-13(18)9-14/h3-9,16H,10,19H2,1-2H3. The van der Waals surface area contributed by atoms with Crippen molar-refractivity contribution in [1.29, 1.82) is 0 Å². The summed E-state index contributed by atoms with van der Waals surface area (Å²) in [5.74, 6) is -0.241. The van der Waals surface area contributed by atoms with E-state index in [1.165, 1.54) is 17.7 Å². The topological polar surface area (TPSA) is 29.3 Å². The second-order valence-electron chi connectivity index (χ2n) is 4.85. The molecule has 0 heterocycles. The minimum absolute atomic E-state index is 0.00806. The van der Waals surface area contributed by atoms with Gasteiger partial charge in [0.25, 0.3) is 0 Å². The van der Waals surface area contributed by atoms with Gasteiger partial charge in [0.15, 0.2) is 0 Å². The first-order valence-electron chi connectivity index (χ1n) is 6.47. The predicted molar refractivity (Wildman–Crippen MR) is 85.5 cm³/mol. The zero-order chi connectivity index (χ0) is 14.7. The van der Waals surface area contributed by atoms with E-state index < -0.39 is 0 Å². The Balaban J connectivity index is 2.33. The molecule has 20 heavy (non-hydrogen) atoms. The molecule has 4 heteroatoms. The van der Waals surface area contributed by atoms with Crippen molar-refractivity contribution in [2.24, 2.45) is 5.73 Å². The number of anilines is 1. The average Bonchev–Trinajstić information content (AvgIpc) is 2.43. The molecule has 0 radical (unpaired) electrons. The summed E-state index contributed by atoms with van der Waals surface area (Å²) >= 11 is 3.54. The van der Waals surface area contributed by atoms with Crippen LogP contribution in [0.2, 0.25) is 0 Å². The highest BCUT2D eigenvalue weighted by molar-refractivity contribution is 9.10. The molecule has 0 aliphatic carbocycles. The van der Waals surface area contributed by atoms with E-state index in [-0.39, 0.29) is 11.9 Å². The molecule has 2 aromatic rings. The summed E-state index contributed by atoms with van der Waals surface area (Å²) in [5, 5.41) is 0. The number of nitrogens with two attached hydrogens (primary N) is 1. The van der Waals surface area contributed by atoms with Gasteiger partial charge in [0.2, 0.25) is 0 Å². The number of hydrogen-bond donors (Lipinski definition) is 1. The van der Waals surface area contributed by atoms with E-state index in [2.05, 4.69) is 34.1 Å². The Morgan fingerprint density at radius 3 is 2.60 bits per heavy atom. The first kappa shape index (κ1) is 15.0. The third kappa shape index (κ3) is 3.19. The molecule has 1 atom stereocenters. The van der Waals surface area contributed by atoms with E-state index in [4.69, 9.17) is 5.73 Å². The molecule has 0 aliphatic rings. The third-order valence-corrected chi connectivity index (χ3v) is 4.34. The number of likely N-dealkylation sites (N-methyl/N-ethyl adjacent to an activating group) is 1. The van der Waals surface area contributed by atoms with Crippen molar-refractivity contribution in [3.63, 3.8) is 0 Å². The quantitative estimate of drug-likeness (QED) is 0.913. The lowest BCUT2D eigenvalue weighted by molar-refractivity contribution is 0.623. The molecule has 0 bridgehead atoms. The van der Waals surface area contributed by atoms with Crippen LogP contribution in [0.5, 0.6) is 0 Å². The molecular formula is C16H18BrFN2. The monoisotopic (exact) mass is 336 g/mol. The Morgan fingerprint density at radius 1 is 1.25 bits per heavy atom. The summed E-state index contributed by atoms with van der Waals surface area (Å²) in [6, 6.07) is 12.8. The van der Waals surface area contributed by atoms with Gasteiger partial charge >= 0.3 is 0 Å². The first-order valence-corrected chi connectivity index (χ1v) is 7.26. The van der Waals surface area contributed by atoms with E-state index in [9.17, 15) is 4.39 Å². The number of rotatable bonds is 4. The predicted octanol–water partition coefficient (Wildman–Crippen LogP) is 4.03. The van der Waals surface area contributed by atoms with Gasteiger partial charge in [-0.3, -0.25) is 0 Å². The fourth-order valence-electron chi connectivity index (χ4n) is 2.21. The minimum Gasteiger partial charge on any atom is -0.366 e. The number of nitrogens with zero attached hydrogens (tertiary/aromatic N) is 1. The number of benzene rings is 2. The SMILES string of the molecule is Cc1ccc(C(CN)N(C)c2cccc(F)c2)cc1Br. The molecular weight excluding hydrogens is 319 g/mol. The van der Waals surface area contributed by atoms with Gasteiger partial charge in [-0.15, -0.1) is 0 Å². The van der Waals surface area contributed by atoms with Crippen molar-refractivity contribution in [3.05, 3.63) is 63.9 Å². The van der Waals surface area contributed by atoms with Crippen LogP contribution >= 0.6 is 15.9 Å². The molecule has 0 saturated carbocycles. The lowest BCUT2D eigenvalue weighted by Crippen LogP contribution is -2.30. The number of halogens is 2. The first-order chi connectivity index (χ1) is 9.52. The van der Waals surface area contributed by atoms with E-state index in [0.717, 1.165) is 15.7 Å². The second-order valence-corrected chi connectivity index (χ2v) is 5.71. The van der Waals surface area contributed by atoms with Gasteiger partial charge in [-0.25, -0.2) is 4.39 Å². The fourth-order valence-corrected chi connectivity index (χ4v) is 2.61. The van der Waals surface area contributed by atoms with Gasteiger partial charge in [0.05, 0.1) is 6.04 Å². The number of hydrogen-bond acceptors (Lipinski definition) is 2. The zero-order valence-corrected chi connectivity index (χ0v) is 13.2. The smallest absolute Gasteiger partial charge is 0.125 e. The van der Waals surface area contributed by atoms with Crippen molar-refractivity contribution < 1.29 is 4.39 Å². The number of aryl methyl sites for hydroxylation is 1. The molecule has 0 spiro atoms. The van der Waals surface area contributed by atoms with Crippen LogP contribution < -0.4 is 10.6 Å². The normalized spacial score (nSPS) is 12.2. The zero-order valence-electron chi connectivity index (χ0n) is 11.6. The van der Waals surface area contributed by atoms with E-state index in [1.54, 1.807) is 6.07 Å². The van der Waals surface area contributed by atoms with Crippen LogP contribution in [0.3, 0.4) is 0 Å². The minimum atomic E-state index is -0.241. The lowest BCUT2D eigenvalue weighted by Gasteiger charge is -2.30. The van der Waals surface area contributed by atoms with Crippen LogP contribution in [0.1, 0.15) is 17.2 Å².